The van der Waals surface area contributed by atoms with Crippen molar-refractivity contribution in [2.24, 2.45) is 5.92 Å². The standard InChI is InChI=1S/C7H14F3NO2/c1-5(2)4-13-11-3-6(12)7(8,9)10/h5-6,11-12H,3-4H2,1-2H3. The Morgan fingerprint density at radius 3 is 2.31 bits per heavy atom. The summed E-state index contributed by atoms with van der Waals surface area (Å²) in [4.78, 5) is 4.65. The summed E-state index contributed by atoms with van der Waals surface area (Å²) in [6, 6.07) is 0. The third-order valence-corrected chi connectivity index (χ3v) is 1.17. The van der Waals surface area contributed by atoms with E-state index in [1.165, 1.54) is 0 Å². The summed E-state index contributed by atoms with van der Waals surface area (Å²) in [5.74, 6) is 0.232. The molecule has 0 aliphatic heterocycles. The second kappa shape index (κ2) is 5.41. The molecule has 0 aliphatic carbocycles. The van der Waals surface area contributed by atoms with Gasteiger partial charge in [0.2, 0.25) is 0 Å². The van der Waals surface area contributed by atoms with Crippen LogP contribution in [-0.4, -0.2) is 30.5 Å². The highest BCUT2D eigenvalue weighted by atomic mass is 19.4. The lowest BCUT2D eigenvalue weighted by Crippen LogP contribution is -2.38. The molecule has 0 aromatic carbocycles. The summed E-state index contributed by atoms with van der Waals surface area (Å²) < 4.78 is 35.1. The van der Waals surface area contributed by atoms with Crippen LogP contribution in [0.4, 0.5) is 13.2 Å². The van der Waals surface area contributed by atoms with Crippen LogP contribution in [0, 0.1) is 5.92 Å². The molecule has 0 fully saturated rings. The summed E-state index contributed by atoms with van der Waals surface area (Å²) >= 11 is 0. The lowest BCUT2D eigenvalue weighted by molar-refractivity contribution is -0.208. The molecular weight excluding hydrogens is 187 g/mol. The molecule has 0 spiro atoms. The van der Waals surface area contributed by atoms with E-state index in [0.717, 1.165) is 0 Å². The van der Waals surface area contributed by atoms with Gasteiger partial charge in [-0.25, -0.2) is 0 Å². The zero-order valence-corrected chi connectivity index (χ0v) is 7.56. The highest BCUT2D eigenvalue weighted by Gasteiger charge is 2.37. The van der Waals surface area contributed by atoms with Crippen LogP contribution in [0.15, 0.2) is 0 Å². The Morgan fingerprint density at radius 1 is 1.38 bits per heavy atom. The number of nitrogens with one attached hydrogen (secondary N) is 1. The Balaban J connectivity index is 3.43. The number of alkyl halides is 3. The first-order chi connectivity index (χ1) is 5.84. The van der Waals surface area contributed by atoms with E-state index in [9.17, 15) is 13.2 Å². The molecule has 0 aliphatic rings. The predicted octanol–water partition coefficient (Wildman–Crippen LogP) is 1.09. The van der Waals surface area contributed by atoms with Crippen LogP contribution in [0.2, 0.25) is 0 Å². The molecule has 0 heterocycles. The van der Waals surface area contributed by atoms with Crippen molar-refractivity contribution in [3.05, 3.63) is 0 Å². The molecule has 3 nitrogen and oxygen atoms in total. The van der Waals surface area contributed by atoms with Crippen molar-refractivity contribution >= 4 is 0 Å². The minimum atomic E-state index is -4.59. The van der Waals surface area contributed by atoms with Crippen molar-refractivity contribution in [3.8, 4) is 0 Å². The van der Waals surface area contributed by atoms with E-state index in [1.807, 2.05) is 13.8 Å². The third-order valence-electron chi connectivity index (χ3n) is 1.17. The molecule has 13 heavy (non-hydrogen) atoms. The van der Waals surface area contributed by atoms with Crippen LogP contribution in [0.25, 0.3) is 0 Å². The van der Waals surface area contributed by atoms with Crippen LogP contribution in [-0.2, 0) is 4.84 Å². The van der Waals surface area contributed by atoms with Gasteiger partial charge in [0.25, 0.3) is 0 Å². The van der Waals surface area contributed by atoms with Crippen molar-refractivity contribution in [1.82, 2.24) is 5.48 Å². The maximum atomic E-state index is 11.7. The number of hydrogen-bond donors (Lipinski definition) is 2. The van der Waals surface area contributed by atoms with Crippen molar-refractivity contribution in [2.75, 3.05) is 13.2 Å². The number of rotatable bonds is 5. The quantitative estimate of drug-likeness (QED) is 0.516. The molecule has 0 bridgehead atoms. The average Bonchev–Trinajstić information content (AvgIpc) is 1.95. The van der Waals surface area contributed by atoms with Crippen molar-refractivity contribution in [1.29, 1.82) is 0 Å². The van der Waals surface area contributed by atoms with Gasteiger partial charge in [0.15, 0.2) is 6.10 Å². The second-order valence-electron chi connectivity index (χ2n) is 3.11. The molecule has 0 aromatic rings. The first kappa shape index (κ1) is 12.7. The Hall–Kier alpha value is -0.330. The van der Waals surface area contributed by atoms with Crippen molar-refractivity contribution in [3.63, 3.8) is 0 Å². The largest absolute Gasteiger partial charge is 0.415 e. The van der Waals surface area contributed by atoms with Gasteiger partial charge in [-0.1, -0.05) is 13.8 Å². The van der Waals surface area contributed by atoms with E-state index in [4.69, 9.17) is 5.11 Å². The SMILES string of the molecule is CC(C)CONCC(O)C(F)(F)F. The summed E-state index contributed by atoms with van der Waals surface area (Å²) in [5, 5.41) is 8.48. The Bertz CT molecular complexity index is 138. The maximum absolute atomic E-state index is 11.7. The number of hydroxylamine groups is 1. The summed E-state index contributed by atoms with van der Waals surface area (Å²) in [6.45, 7) is 3.39. The molecule has 1 atom stereocenters. The highest BCUT2D eigenvalue weighted by molar-refractivity contribution is 4.65. The van der Waals surface area contributed by atoms with Gasteiger partial charge in [0, 0.05) is 0 Å². The van der Waals surface area contributed by atoms with Crippen LogP contribution in [0.3, 0.4) is 0 Å². The zero-order valence-electron chi connectivity index (χ0n) is 7.56. The van der Waals surface area contributed by atoms with Crippen LogP contribution in [0.1, 0.15) is 13.8 Å². The second-order valence-corrected chi connectivity index (χ2v) is 3.11. The maximum Gasteiger partial charge on any atom is 0.415 e. The molecule has 2 N–H and O–H groups in total. The van der Waals surface area contributed by atoms with E-state index >= 15 is 0 Å². The summed E-state index contributed by atoms with van der Waals surface area (Å²) in [7, 11) is 0. The number of aliphatic hydroxyl groups excluding tert-OH is 1. The lowest BCUT2D eigenvalue weighted by Gasteiger charge is -2.15. The smallest absolute Gasteiger partial charge is 0.382 e. The molecule has 0 rings (SSSR count). The number of halogens is 3. The minimum absolute atomic E-state index is 0.232. The molecule has 0 aromatic heterocycles. The Morgan fingerprint density at radius 2 is 1.92 bits per heavy atom. The van der Waals surface area contributed by atoms with Gasteiger partial charge in [0.1, 0.15) is 0 Å². The molecule has 0 saturated heterocycles. The van der Waals surface area contributed by atoms with E-state index in [1.54, 1.807) is 0 Å². The molecule has 0 radical (unpaired) electrons. The fourth-order valence-corrected chi connectivity index (χ4v) is 0.479. The topological polar surface area (TPSA) is 41.5 Å². The minimum Gasteiger partial charge on any atom is -0.382 e. The first-order valence-electron chi connectivity index (χ1n) is 3.93. The van der Waals surface area contributed by atoms with Gasteiger partial charge in [0.05, 0.1) is 13.2 Å². The lowest BCUT2D eigenvalue weighted by atomic mass is 10.2. The van der Waals surface area contributed by atoms with Gasteiger partial charge < -0.3 is 9.94 Å². The fourth-order valence-electron chi connectivity index (χ4n) is 0.479. The van der Waals surface area contributed by atoms with Crippen molar-refractivity contribution < 1.29 is 23.1 Å². The molecule has 1 unspecified atom stereocenters. The first-order valence-corrected chi connectivity index (χ1v) is 3.93. The fraction of sp³-hybridized carbons (Fsp3) is 1.00. The Labute approximate surface area is 74.8 Å². The van der Waals surface area contributed by atoms with Gasteiger partial charge in [-0.15, -0.1) is 0 Å². The van der Waals surface area contributed by atoms with E-state index in [0.29, 0.717) is 6.61 Å². The van der Waals surface area contributed by atoms with Gasteiger partial charge >= 0.3 is 6.18 Å². The number of aliphatic hydroxyl groups is 1. The van der Waals surface area contributed by atoms with Gasteiger partial charge in [-0.3, -0.25) is 0 Å². The summed E-state index contributed by atoms with van der Waals surface area (Å²) in [5.41, 5.74) is 2.05. The molecule has 6 heteroatoms. The van der Waals surface area contributed by atoms with Gasteiger partial charge in [-0.2, -0.15) is 18.7 Å². The normalized spacial score (nSPS) is 15.0. The molecular formula is C7H14F3NO2. The predicted molar refractivity (Wildman–Crippen MR) is 40.9 cm³/mol. The molecule has 80 valence electrons. The molecule has 0 amide bonds. The average molecular weight is 201 g/mol. The zero-order chi connectivity index (χ0) is 10.5. The number of hydrogen-bond acceptors (Lipinski definition) is 3. The monoisotopic (exact) mass is 201 g/mol. The van der Waals surface area contributed by atoms with E-state index < -0.39 is 18.8 Å². The van der Waals surface area contributed by atoms with Crippen LogP contribution < -0.4 is 5.48 Å². The van der Waals surface area contributed by atoms with Crippen LogP contribution >= 0.6 is 0 Å². The van der Waals surface area contributed by atoms with E-state index in [2.05, 4.69) is 10.3 Å². The van der Waals surface area contributed by atoms with Gasteiger partial charge in [-0.05, 0) is 5.92 Å². The van der Waals surface area contributed by atoms with Crippen LogP contribution in [0.5, 0.6) is 0 Å². The Kier molecular flexibility index (Phi) is 5.27. The summed E-state index contributed by atoms with van der Waals surface area (Å²) in [6.07, 6.45) is -6.96. The highest BCUT2D eigenvalue weighted by Crippen LogP contribution is 2.19. The van der Waals surface area contributed by atoms with E-state index in [-0.39, 0.29) is 5.92 Å². The van der Waals surface area contributed by atoms with Crippen molar-refractivity contribution in [2.45, 2.75) is 26.1 Å². The molecule has 0 saturated carbocycles. The third kappa shape index (κ3) is 6.80.